The Morgan fingerprint density at radius 1 is 0.649 bits per heavy atom. The molecule has 1 aromatic heterocycles. The van der Waals surface area contributed by atoms with Gasteiger partial charge in [0.05, 0.1) is 12.4 Å². The van der Waals surface area contributed by atoms with Crippen molar-refractivity contribution < 1.29 is 14.3 Å². The number of allylic oxidation sites excluding steroid dienone is 1. The summed E-state index contributed by atoms with van der Waals surface area (Å²) in [5.41, 5.74) is 5.42. The molecule has 8 heteroatoms. The van der Waals surface area contributed by atoms with Crippen molar-refractivity contribution in [3.63, 3.8) is 0 Å². The first kappa shape index (κ1) is 52.7. The third-order valence-electron chi connectivity index (χ3n) is 11.4. The van der Waals surface area contributed by atoms with Gasteiger partial charge in [-0.05, 0) is 89.9 Å². The quantitative estimate of drug-likeness (QED) is 0.0399. The number of esters is 1. The smallest absolute Gasteiger partial charge is 0.349 e. The van der Waals surface area contributed by atoms with Gasteiger partial charge in [-0.25, -0.2) is 4.79 Å². The van der Waals surface area contributed by atoms with E-state index in [1.165, 1.54) is 141 Å². The van der Waals surface area contributed by atoms with Crippen LogP contribution in [0.15, 0.2) is 29.4 Å². The highest BCUT2D eigenvalue weighted by Crippen LogP contribution is 2.19. The number of aryl methyl sites for hydroxylation is 1. The number of nitrogen functional groups attached to an aromatic ring is 1. The number of nitrogens with zero attached hydrogens (tertiary/aromatic N) is 3. The molecule has 0 aromatic carbocycles. The molecular formula is C49H92N4O4. The molecule has 0 atom stereocenters. The lowest BCUT2D eigenvalue weighted by Crippen LogP contribution is -2.30. The van der Waals surface area contributed by atoms with E-state index in [9.17, 15) is 9.59 Å². The second-order valence-corrected chi connectivity index (χ2v) is 16.9. The summed E-state index contributed by atoms with van der Waals surface area (Å²) in [4.78, 5) is 31.5. The summed E-state index contributed by atoms with van der Waals surface area (Å²) in [6.07, 6.45) is 41.0. The van der Waals surface area contributed by atoms with Crippen LogP contribution in [0.2, 0.25) is 0 Å². The van der Waals surface area contributed by atoms with Crippen LogP contribution < -0.4 is 11.4 Å². The zero-order valence-electron chi connectivity index (χ0n) is 37.9. The molecule has 0 unspecified atom stereocenters. The number of nitrogens with two attached hydrogens (primary N) is 1. The molecule has 1 aromatic rings. The van der Waals surface area contributed by atoms with Gasteiger partial charge in [0.25, 0.3) is 0 Å². The predicted molar refractivity (Wildman–Crippen MR) is 244 cm³/mol. The van der Waals surface area contributed by atoms with E-state index in [0.29, 0.717) is 13.0 Å². The van der Waals surface area contributed by atoms with E-state index in [1.807, 2.05) is 0 Å². The fraction of sp³-hybridized carbons (Fsp3) is 0.857. The summed E-state index contributed by atoms with van der Waals surface area (Å²) in [5, 5.41) is 0. The fourth-order valence-corrected chi connectivity index (χ4v) is 7.72. The Bertz CT molecular complexity index is 1110. The van der Waals surface area contributed by atoms with Crippen LogP contribution in [0.25, 0.3) is 0 Å². The van der Waals surface area contributed by atoms with Gasteiger partial charge in [-0.2, -0.15) is 4.98 Å². The first-order chi connectivity index (χ1) is 27.9. The summed E-state index contributed by atoms with van der Waals surface area (Å²) in [5.74, 6) is 1.24. The highest BCUT2D eigenvalue weighted by atomic mass is 16.5. The average Bonchev–Trinajstić information content (AvgIpc) is 3.19. The third kappa shape index (κ3) is 33.2. The van der Waals surface area contributed by atoms with Crippen molar-refractivity contribution in [3.05, 3.63) is 35.1 Å². The Labute approximate surface area is 351 Å². The van der Waals surface area contributed by atoms with E-state index in [0.717, 1.165) is 96.2 Å². The largest absolute Gasteiger partial charge is 0.499 e. The van der Waals surface area contributed by atoms with Crippen LogP contribution >= 0.6 is 0 Å². The minimum Gasteiger partial charge on any atom is -0.499 e. The number of anilines is 1. The Morgan fingerprint density at radius 3 is 1.65 bits per heavy atom. The maximum Gasteiger partial charge on any atom is 0.349 e. The maximum absolute atomic E-state index is 12.8. The van der Waals surface area contributed by atoms with Gasteiger partial charge in [0.15, 0.2) is 0 Å². The molecule has 0 aliphatic rings. The third-order valence-corrected chi connectivity index (χ3v) is 11.4. The summed E-state index contributed by atoms with van der Waals surface area (Å²) < 4.78 is 13.6. The van der Waals surface area contributed by atoms with E-state index in [-0.39, 0.29) is 23.6 Å². The molecule has 1 heterocycles. The SMILES string of the molecule is C=C(CCCCCCCN(CCCCCCCC(=O)OC(CCCCCCCC)CCCCCCCC)CCCn1ccc(N)nc1=O)OCCCCCCCC. The van der Waals surface area contributed by atoms with Gasteiger partial charge in [0.2, 0.25) is 0 Å². The number of carbonyl (C=O) groups is 1. The van der Waals surface area contributed by atoms with E-state index >= 15 is 0 Å². The van der Waals surface area contributed by atoms with Gasteiger partial charge in [0.1, 0.15) is 11.9 Å². The number of hydrogen-bond donors (Lipinski definition) is 1. The molecule has 8 nitrogen and oxygen atoms in total. The molecule has 0 fully saturated rings. The van der Waals surface area contributed by atoms with Crippen LogP contribution in [0.1, 0.15) is 233 Å². The average molecular weight is 801 g/mol. The first-order valence-electron chi connectivity index (χ1n) is 24.4. The number of ether oxygens (including phenoxy) is 2. The van der Waals surface area contributed by atoms with Gasteiger partial charge >= 0.3 is 11.7 Å². The standard InChI is InChI=1S/C49H92N4O4/c1-5-8-11-14-20-27-35-46(36-28-21-15-12-9-6-2)57-48(54)37-29-22-18-24-31-40-52(41-33-42-53-43-38-47(50)51-49(53)55)39-30-23-17-19-26-34-45(4)56-44-32-25-16-13-10-7-3/h38,43,46H,4-37,39-42,44H2,1-3H3,(H2,50,51,55). The van der Waals surface area contributed by atoms with Gasteiger partial charge in [-0.3, -0.25) is 9.36 Å². The number of hydrogen-bond acceptors (Lipinski definition) is 7. The molecule has 2 N–H and O–H groups in total. The molecular weight excluding hydrogens is 709 g/mol. The minimum atomic E-state index is -0.271. The predicted octanol–water partition coefficient (Wildman–Crippen LogP) is 13.5. The second kappa shape index (κ2) is 39.1. The normalized spacial score (nSPS) is 11.5. The summed E-state index contributed by atoms with van der Waals surface area (Å²) in [7, 11) is 0. The molecule has 0 aliphatic heterocycles. The number of carbonyl (C=O) groups excluding carboxylic acids is 1. The van der Waals surface area contributed by atoms with Crippen LogP contribution in [0.5, 0.6) is 0 Å². The van der Waals surface area contributed by atoms with Crippen LogP contribution in [0, 0.1) is 0 Å². The molecule has 57 heavy (non-hydrogen) atoms. The van der Waals surface area contributed by atoms with Crippen molar-refractivity contribution in [1.82, 2.24) is 14.5 Å². The van der Waals surface area contributed by atoms with Crippen LogP contribution in [-0.2, 0) is 20.8 Å². The minimum absolute atomic E-state index is 0.0142. The Kier molecular flexibility index (Phi) is 36.2. The lowest BCUT2D eigenvalue weighted by atomic mass is 10.0. The van der Waals surface area contributed by atoms with Gasteiger partial charge < -0.3 is 20.1 Å². The molecule has 0 bridgehead atoms. The van der Waals surface area contributed by atoms with Crippen molar-refractivity contribution in [2.75, 3.05) is 32.0 Å². The zero-order valence-corrected chi connectivity index (χ0v) is 37.9. The Morgan fingerprint density at radius 2 is 1.11 bits per heavy atom. The van der Waals surface area contributed by atoms with Crippen molar-refractivity contribution >= 4 is 11.8 Å². The lowest BCUT2D eigenvalue weighted by molar-refractivity contribution is -0.150. The topological polar surface area (TPSA) is 99.7 Å². The molecule has 0 spiro atoms. The van der Waals surface area contributed by atoms with Crippen LogP contribution in [0.3, 0.4) is 0 Å². The number of unbranched alkanes of at least 4 members (excludes halogenated alkanes) is 23. The molecule has 0 radical (unpaired) electrons. The van der Waals surface area contributed by atoms with Crippen LogP contribution in [0.4, 0.5) is 5.82 Å². The van der Waals surface area contributed by atoms with E-state index in [4.69, 9.17) is 15.2 Å². The van der Waals surface area contributed by atoms with Crippen molar-refractivity contribution in [2.45, 2.75) is 245 Å². The van der Waals surface area contributed by atoms with Crippen molar-refractivity contribution in [2.24, 2.45) is 0 Å². The molecule has 1 rings (SSSR count). The highest BCUT2D eigenvalue weighted by molar-refractivity contribution is 5.69. The molecule has 332 valence electrons. The summed E-state index contributed by atoms with van der Waals surface area (Å²) >= 11 is 0. The molecule has 0 amide bonds. The fourth-order valence-electron chi connectivity index (χ4n) is 7.72. The summed E-state index contributed by atoms with van der Waals surface area (Å²) in [6, 6.07) is 1.70. The maximum atomic E-state index is 12.8. The van der Waals surface area contributed by atoms with E-state index < -0.39 is 0 Å². The Hall–Kier alpha value is -2.35. The monoisotopic (exact) mass is 801 g/mol. The number of rotatable bonds is 43. The van der Waals surface area contributed by atoms with E-state index in [1.54, 1.807) is 16.8 Å². The van der Waals surface area contributed by atoms with Crippen molar-refractivity contribution in [3.8, 4) is 0 Å². The zero-order chi connectivity index (χ0) is 41.4. The van der Waals surface area contributed by atoms with Crippen LogP contribution in [-0.4, -0.2) is 52.8 Å². The lowest BCUT2D eigenvalue weighted by Gasteiger charge is -2.22. The first-order valence-corrected chi connectivity index (χ1v) is 24.4. The van der Waals surface area contributed by atoms with Gasteiger partial charge in [-0.1, -0.05) is 162 Å². The molecule has 0 saturated heterocycles. The van der Waals surface area contributed by atoms with Gasteiger partial charge in [-0.15, -0.1) is 0 Å². The molecule has 0 aliphatic carbocycles. The Balaban J connectivity index is 2.36. The molecule has 0 saturated carbocycles. The van der Waals surface area contributed by atoms with Gasteiger partial charge in [0, 0.05) is 25.6 Å². The summed E-state index contributed by atoms with van der Waals surface area (Å²) in [6.45, 7) is 15.5. The number of aromatic nitrogens is 2. The highest BCUT2D eigenvalue weighted by Gasteiger charge is 2.14. The van der Waals surface area contributed by atoms with Crippen molar-refractivity contribution in [1.29, 1.82) is 0 Å². The van der Waals surface area contributed by atoms with E-state index in [2.05, 4.69) is 37.2 Å². The second-order valence-electron chi connectivity index (χ2n) is 16.9.